The molecule has 2 N–H and O–H groups in total. The number of aryl methyl sites for hydroxylation is 2. The van der Waals surface area contributed by atoms with Gasteiger partial charge in [0.15, 0.2) is 15.6 Å². The van der Waals surface area contributed by atoms with Crippen molar-refractivity contribution >= 4 is 44.2 Å². The number of carbonyl (C=O) groups excluding carboxylic acids is 1. The summed E-state index contributed by atoms with van der Waals surface area (Å²) in [4.78, 5) is 23.5. The Balaban J connectivity index is 1.81. The predicted octanol–water partition coefficient (Wildman–Crippen LogP) is 3.49. The normalized spacial score (nSPS) is 12.7. The fraction of sp³-hybridized carbons (Fsp3) is 0.238. The second kappa shape index (κ2) is 8.12. The van der Waals surface area contributed by atoms with E-state index in [0.29, 0.717) is 16.3 Å². The molecule has 1 aromatic heterocycles. The highest BCUT2D eigenvalue weighted by molar-refractivity contribution is 7.92. The van der Waals surface area contributed by atoms with Gasteiger partial charge in [0.2, 0.25) is 0 Å². The van der Waals surface area contributed by atoms with Crippen molar-refractivity contribution in [2.24, 2.45) is 7.05 Å². The van der Waals surface area contributed by atoms with Gasteiger partial charge in [-0.2, -0.15) is 0 Å². The van der Waals surface area contributed by atoms with Crippen molar-refractivity contribution in [2.75, 3.05) is 5.75 Å². The SMILES string of the molecule is Cc1cc(Cl)c2cc(C(=O)N[C@H](C)c3ccc(S(=O)(=O)CC(=O)O)cc3)n(C)c2c1. The fourth-order valence-corrected chi connectivity index (χ4v) is 4.67. The molecule has 158 valence electrons. The second-order valence-corrected chi connectivity index (χ2v) is 9.58. The van der Waals surface area contributed by atoms with Crippen LogP contribution >= 0.6 is 11.6 Å². The van der Waals surface area contributed by atoms with Crippen molar-refractivity contribution in [3.8, 4) is 0 Å². The monoisotopic (exact) mass is 448 g/mol. The topological polar surface area (TPSA) is 105 Å². The van der Waals surface area contributed by atoms with E-state index in [2.05, 4.69) is 5.32 Å². The van der Waals surface area contributed by atoms with Gasteiger partial charge in [0.1, 0.15) is 5.69 Å². The van der Waals surface area contributed by atoms with Crippen molar-refractivity contribution in [3.63, 3.8) is 0 Å². The van der Waals surface area contributed by atoms with Crippen molar-refractivity contribution in [2.45, 2.75) is 24.8 Å². The van der Waals surface area contributed by atoms with Crippen LogP contribution in [0.4, 0.5) is 0 Å². The zero-order chi connectivity index (χ0) is 22.2. The Kier molecular flexibility index (Phi) is 5.92. The molecule has 3 rings (SSSR count). The molecule has 9 heteroatoms. The Bertz CT molecular complexity index is 1250. The summed E-state index contributed by atoms with van der Waals surface area (Å²) in [5.74, 6) is -2.68. The maximum Gasteiger partial charge on any atom is 0.319 e. The highest BCUT2D eigenvalue weighted by Crippen LogP contribution is 2.28. The number of halogens is 1. The van der Waals surface area contributed by atoms with Crippen LogP contribution in [0.1, 0.15) is 34.6 Å². The van der Waals surface area contributed by atoms with Gasteiger partial charge in [-0.15, -0.1) is 0 Å². The molecule has 0 saturated carbocycles. The Hall–Kier alpha value is -2.84. The molecule has 2 aromatic carbocycles. The molecule has 30 heavy (non-hydrogen) atoms. The molecule has 1 atom stereocenters. The molecule has 3 aromatic rings. The summed E-state index contributed by atoms with van der Waals surface area (Å²) < 4.78 is 25.8. The van der Waals surface area contributed by atoms with E-state index >= 15 is 0 Å². The zero-order valence-corrected chi connectivity index (χ0v) is 18.2. The van der Waals surface area contributed by atoms with Crippen LogP contribution in [0.3, 0.4) is 0 Å². The van der Waals surface area contributed by atoms with E-state index < -0.39 is 27.6 Å². The summed E-state index contributed by atoms with van der Waals surface area (Å²) in [6.45, 7) is 3.71. The van der Waals surface area contributed by atoms with E-state index in [4.69, 9.17) is 16.7 Å². The average Bonchev–Trinajstić information content (AvgIpc) is 2.98. The summed E-state index contributed by atoms with van der Waals surface area (Å²) in [7, 11) is -2.11. The van der Waals surface area contributed by atoms with Gasteiger partial charge in [0, 0.05) is 12.4 Å². The molecule has 0 spiro atoms. The molecule has 1 amide bonds. The fourth-order valence-electron chi connectivity index (χ4n) is 3.30. The van der Waals surface area contributed by atoms with Gasteiger partial charge < -0.3 is 15.0 Å². The highest BCUT2D eigenvalue weighted by atomic mass is 35.5. The molecule has 0 aliphatic heterocycles. The standard InChI is InChI=1S/C21H21ClN2O5S/c1-12-8-17(22)16-10-19(24(3)18(16)9-12)21(27)23-13(2)14-4-6-15(7-5-14)30(28,29)11-20(25)26/h4-10,13H,11H2,1-3H3,(H,23,27)(H,25,26)/t13-/m1/s1. The first kappa shape index (κ1) is 21.9. The number of rotatable bonds is 6. The minimum Gasteiger partial charge on any atom is -0.480 e. The van der Waals surface area contributed by atoms with Crippen LogP contribution in [-0.4, -0.2) is 35.7 Å². The van der Waals surface area contributed by atoms with Gasteiger partial charge in [0.25, 0.3) is 5.91 Å². The third kappa shape index (κ3) is 4.34. The van der Waals surface area contributed by atoms with Gasteiger partial charge in [-0.05, 0) is 55.3 Å². The first-order valence-electron chi connectivity index (χ1n) is 9.10. The molecule has 0 aliphatic carbocycles. The highest BCUT2D eigenvalue weighted by Gasteiger charge is 2.20. The van der Waals surface area contributed by atoms with Crippen LogP contribution in [0, 0.1) is 6.92 Å². The summed E-state index contributed by atoms with van der Waals surface area (Å²) in [6, 6.07) is 10.9. The Morgan fingerprint density at radius 2 is 1.80 bits per heavy atom. The lowest BCUT2D eigenvalue weighted by Crippen LogP contribution is -2.28. The lowest BCUT2D eigenvalue weighted by molar-refractivity contribution is -0.134. The lowest BCUT2D eigenvalue weighted by atomic mass is 10.1. The number of aromatic nitrogens is 1. The van der Waals surface area contributed by atoms with Crippen LogP contribution < -0.4 is 5.32 Å². The molecular formula is C21H21ClN2O5S. The molecule has 0 bridgehead atoms. The van der Waals surface area contributed by atoms with E-state index in [0.717, 1.165) is 16.5 Å². The molecule has 7 nitrogen and oxygen atoms in total. The summed E-state index contributed by atoms with van der Waals surface area (Å²) in [5, 5.41) is 13.0. The summed E-state index contributed by atoms with van der Waals surface area (Å²) in [5.41, 5.74) is 2.98. The summed E-state index contributed by atoms with van der Waals surface area (Å²) in [6.07, 6.45) is 0. The van der Waals surface area contributed by atoms with Crippen LogP contribution in [0.15, 0.2) is 47.4 Å². The number of hydrogen-bond acceptors (Lipinski definition) is 4. The molecule has 1 heterocycles. The first-order chi connectivity index (χ1) is 14.0. The van der Waals surface area contributed by atoms with E-state index in [9.17, 15) is 18.0 Å². The number of carboxylic acid groups (broad SMARTS) is 1. The van der Waals surface area contributed by atoms with Crippen LogP contribution in [0.25, 0.3) is 10.9 Å². The minimum atomic E-state index is -3.90. The van der Waals surface area contributed by atoms with Gasteiger partial charge in [0.05, 0.1) is 21.5 Å². The lowest BCUT2D eigenvalue weighted by Gasteiger charge is -2.15. The Labute approximate surface area is 179 Å². The number of nitrogens with one attached hydrogen (secondary N) is 1. The van der Waals surface area contributed by atoms with Gasteiger partial charge in [-0.3, -0.25) is 9.59 Å². The van der Waals surface area contributed by atoms with Crippen LogP contribution in [0.5, 0.6) is 0 Å². The van der Waals surface area contributed by atoms with Crippen molar-refractivity contribution in [3.05, 3.63) is 64.3 Å². The molecule has 0 fully saturated rings. The van der Waals surface area contributed by atoms with Crippen molar-refractivity contribution in [1.82, 2.24) is 9.88 Å². The largest absolute Gasteiger partial charge is 0.480 e. The quantitative estimate of drug-likeness (QED) is 0.600. The number of benzene rings is 2. The van der Waals surface area contributed by atoms with E-state index in [-0.39, 0.29) is 10.8 Å². The van der Waals surface area contributed by atoms with E-state index in [1.54, 1.807) is 36.7 Å². The van der Waals surface area contributed by atoms with Crippen molar-refractivity contribution in [1.29, 1.82) is 0 Å². The van der Waals surface area contributed by atoms with Crippen molar-refractivity contribution < 1.29 is 23.1 Å². The molecular weight excluding hydrogens is 428 g/mol. The number of carbonyl (C=O) groups is 2. The molecule has 0 aliphatic rings. The van der Waals surface area contributed by atoms with Gasteiger partial charge in [-0.1, -0.05) is 23.7 Å². The second-order valence-electron chi connectivity index (χ2n) is 7.19. The molecule has 0 saturated heterocycles. The predicted molar refractivity (Wildman–Crippen MR) is 115 cm³/mol. The number of sulfone groups is 1. The number of hydrogen-bond donors (Lipinski definition) is 2. The first-order valence-corrected chi connectivity index (χ1v) is 11.1. The van der Waals surface area contributed by atoms with Crippen LogP contribution in [0.2, 0.25) is 5.02 Å². The summed E-state index contributed by atoms with van der Waals surface area (Å²) >= 11 is 6.31. The number of amides is 1. The molecule has 0 radical (unpaired) electrons. The maximum atomic E-state index is 12.8. The Morgan fingerprint density at radius 3 is 2.40 bits per heavy atom. The van der Waals surface area contributed by atoms with Gasteiger partial charge >= 0.3 is 5.97 Å². The minimum absolute atomic E-state index is 0.0779. The van der Waals surface area contributed by atoms with E-state index in [1.807, 2.05) is 19.1 Å². The third-order valence-electron chi connectivity index (χ3n) is 4.89. The number of fused-ring (bicyclic) bond motifs is 1. The smallest absolute Gasteiger partial charge is 0.319 e. The third-order valence-corrected chi connectivity index (χ3v) is 6.82. The van der Waals surface area contributed by atoms with E-state index in [1.165, 1.54) is 12.1 Å². The average molecular weight is 449 g/mol. The molecule has 0 unspecified atom stereocenters. The van der Waals surface area contributed by atoms with Crippen LogP contribution in [-0.2, 0) is 21.7 Å². The maximum absolute atomic E-state index is 12.8. The Morgan fingerprint density at radius 1 is 1.17 bits per heavy atom. The number of carboxylic acids is 1. The van der Waals surface area contributed by atoms with Gasteiger partial charge in [-0.25, -0.2) is 8.42 Å². The zero-order valence-electron chi connectivity index (χ0n) is 16.6. The number of aliphatic carboxylic acids is 1. The number of nitrogens with zero attached hydrogens (tertiary/aromatic N) is 1.